The molecule has 25 heavy (non-hydrogen) atoms. The Bertz CT molecular complexity index is 823. The molecule has 0 bridgehead atoms. The average molecular weight is 400 g/mol. The van der Waals surface area contributed by atoms with Gasteiger partial charge in [0.25, 0.3) is 0 Å². The van der Waals surface area contributed by atoms with Gasteiger partial charge in [0.1, 0.15) is 0 Å². The second kappa shape index (κ2) is 7.35. The van der Waals surface area contributed by atoms with E-state index in [0.29, 0.717) is 5.02 Å². The van der Waals surface area contributed by atoms with Gasteiger partial charge in [-0.15, -0.1) is 0 Å². The Morgan fingerprint density at radius 2 is 2.12 bits per heavy atom. The Morgan fingerprint density at radius 1 is 1.44 bits per heavy atom. The van der Waals surface area contributed by atoms with E-state index in [1.165, 1.54) is 18.2 Å². The number of hydrogen-bond acceptors (Lipinski definition) is 6. The van der Waals surface area contributed by atoms with Crippen molar-refractivity contribution in [3.8, 4) is 6.07 Å². The van der Waals surface area contributed by atoms with Gasteiger partial charge >= 0.3 is 5.97 Å². The lowest BCUT2D eigenvalue weighted by atomic mass is 9.77. The summed E-state index contributed by atoms with van der Waals surface area (Å²) in [6.45, 7) is 0. The van der Waals surface area contributed by atoms with Gasteiger partial charge in [-0.3, -0.25) is 9.59 Å². The SMILES string of the molecule is COC(=O)[C@]1(CC(=O)c2ccc(Cl)cc2Cl)NC(=S)NC(=O)[C@H]1C#N. The first-order chi connectivity index (χ1) is 11.7. The highest BCUT2D eigenvalue weighted by Gasteiger charge is 2.55. The minimum absolute atomic E-state index is 0.0776. The molecule has 0 saturated carbocycles. The van der Waals surface area contributed by atoms with E-state index in [2.05, 4.69) is 10.6 Å². The molecular weight excluding hydrogens is 389 g/mol. The molecule has 1 aromatic rings. The fourth-order valence-electron chi connectivity index (χ4n) is 2.52. The summed E-state index contributed by atoms with van der Waals surface area (Å²) < 4.78 is 4.71. The molecule has 0 aliphatic carbocycles. The summed E-state index contributed by atoms with van der Waals surface area (Å²) in [5.41, 5.74) is -1.87. The van der Waals surface area contributed by atoms with E-state index in [1.807, 2.05) is 0 Å². The van der Waals surface area contributed by atoms with E-state index in [9.17, 15) is 19.6 Å². The van der Waals surface area contributed by atoms with Crippen LogP contribution in [0.4, 0.5) is 0 Å². The van der Waals surface area contributed by atoms with Crippen LogP contribution in [0.25, 0.3) is 0 Å². The van der Waals surface area contributed by atoms with Gasteiger partial charge in [0.2, 0.25) is 5.91 Å². The zero-order valence-corrected chi connectivity index (χ0v) is 15.1. The van der Waals surface area contributed by atoms with E-state index >= 15 is 0 Å². The molecule has 1 aromatic carbocycles. The number of ether oxygens (including phenoxy) is 1. The molecule has 0 radical (unpaired) electrons. The molecule has 2 N–H and O–H groups in total. The van der Waals surface area contributed by atoms with Crippen molar-refractivity contribution >= 4 is 58.2 Å². The highest BCUT2D eigenvalue weighted by Crippen LogP contribution is 2.30. The van der Waals surface area contributed by atoms with Crippen LogP contribution < -0.4 is 10.6 Å². The first kappa shape index (κ1) is 19.1. The summed E-state index contributed by atoms with van der Waals surface area (Å²) in [4.78, 5) is 37.1. The summed E-state index contributed by atoms with van der Waals surface area (Å²) in [6.07, 6.45) is -0.563. The van der Waals surface area contributed by atoms with Gasteiger partial charge in [0.15, 0.2) is 22.4 Å². The molecule has 7 nitrogen and oxygen atoms in total. The first-order valence-corrected chi connectivity index (χ1v) is 8.01. The highest BCUT2D eigenvalue weighted by molar-refractivity contribution is 7.80. The van der Waals surface area contributed by atoms with Crippen molar-refractivity contribution in [2.45, 2.75) is 12.0 Å². The quantitative estimate of drug-likeness (QED) is 0.449. The molecule has 10 heteroatoms. The average Bonchev–Trinajstić information content (AvgIpc) is 2.53. The fourth-order valence-corrected chi connectivity index (χ4v) is 3.31. The minimum atomic E-state index is -1.96. The van der Waals surface area contributed by atoms with Gasteiger partial charge in [-0.2, -0.15) is 5.26 Å². The van der Waals surface area contributed by atoms with Crippen molar-refractivity contribution in [1.82, 2.24) is 10.6 Å². The number of carbonyl (C=O) groups is 3. The number of esters is 1. The number of methoxy groups -OCH3 is 1. The number of carbonyl (C=O) groups excluding carboxylic acids is 3. The number of benzene rings is 1. The fraction of sp³-hybridized carbons (Fsp3) is 0.267. The number of rotatable bonds is 4. The molecule has 0 spiro atoms. The molecule has 2 atom stereocenters. The normalized spacial score (nSPS) is 22.4. The maximum Gasteiger partial charge on any atom is 0.334 e. The maximum atomic E-state index is 12.7. The molecule has 1 amide bonds. The zero-order valence-electron chi connectivity index (χ0n) is 12.8. The number of nitrogens with zero attached hydrogens (tertiary/aromatic N) is 1. The molecule has 1 heterocycles. The third kappa shape index (κ3) is 3.58. The van der Waals surface area contributed by atoms with Crippen LogP contribution in [-0.4, -0.2) is 35.4 Å². The molecule has 0 unspecified atom stereocenters. The van der Waals surface area contributed by atoms with Crippen molar-refractivity contribution in [3.63, 3.8) is 0 Å². The summed E-state index contributed by atoms with van der Waals surface area (Å²) >= 11 is 16.7. The Kier molecular flexibility index (Phi) is 5.62. The number of nitrogens with one attached hydrogen (secondary N) is 2. The molecule has 0 aromatic heterocycles. The Morgan fingerprint density at radius 3 is 2.68 bits per heavy atom. The smallest absolute Gasteiger partial charge is 0.334 e. The van der Waals surface area contributed by atoms with Crippen LogP contribution in [-0.2, 0) is 14.3 Å². The predicted octanol–water partition coefficient (Wildman–Crippen LogP) is 1.62. The van der Waals surface area contributed by atoms with Crippen molar-refractivity contribution in [3.05, 3.63) is 33.8 Å². The second-order valence-corrected chi connectivity index (χ2v) is 6.44. The van der Waals surface area contributed by atoms with Crippen molar-refractivity contribution in [2.75, 3.05) is 7.11 Å². The second-order valence-electron chi connectivity index (χ2n) is 5.19. The number of halogens is 2. The summed E-state index contributed by atoms with van der Waals surface area (Å²) in [5.74, 6) is -3.87. The van der Waals surface area contributed by atoms with Crippen molar-refractivity contribution < 1.29 is 19.1 Å². The van der Waals surface area contributed by atoms with E-state index in [4.69, 9.17) is 40.2 Å². The Balaban J connectivity index is 2.49. The molecule has 1 aliphatic heterocycles. The van der Waals surface area contributed by atoms with Crippen molar-refractivity contribution in [2.24, 2.45) is 5.92 Å². The van der Waals surface area contributed by atoms with E-state index in [1.54, 1.807) is 6.07 Å². The summed E-state index contributed by atoms with van der Waals surface area (Å²) in [6, 6.07) is 5.94. The highest BCUT2D eigenvalue weighted by atomic mass is 35.5. The summed E-state index contributed by atoms with van der Waals surface area (Å²) in [7, 11) is 1.08. The lowest BCUT2D eigenvalue weighted by Gasteiger charge is -2.38. The van der Waals surface area contributed by atoms with Gasteiger partial charge in [-0.05, 0) is 30.4 Å². The minimum Gasteiger partial charge on any atom is -0.467 e. The van der Waals surface area contributed by atoms with Gasteiger partial charge in [0.05, 0.1) is 18.2 Å². The number of hydrogen-bond donors (Lipinski definition) is 2. The van der Waals surface area contributed by atoms with E-state index in [-0.39, 0.29) is 15.7 Å². The third-order valence-electron chi connectivity index (χ3n) is 3.68. The van der Waals surface area contributed by atoms with Crippen LogP contribution in [0.2, 0.25) is 10.0 Å². The van der Waals surface area contributed by atoms with Crippen LogP contribution in [0, 0.1) is 17.2 Å². The number of ketones is 1. The molecule has 1 aliphatic rings. The number of thiocarbonyl (C=S) groups is 1. The number of nitriles is 1. The Labute approximate surface area is 158 Å². The summed E-state index contributed by atoms with van der Waals surface area (Å²) in [5, 5.41) is 14.4. The van der Waals surface area contributed by atoms with Gasteiger partial charge in [0, 0.05) is 17.0 Å². The van der Waals surface area contributed by atoms with Crippen LogP contribution in [0.1, 0.15) is 16.8 Å². The van der Waals surface area contributed by atoms with Gasteiger partial charge in [-0.1, -0.05) is 23.2 Å². The van der Waals surface area contributed by atoms with Crippen LogP contribution in [0.5, 0.6) is 0 Å². The van der Waals surface area contributed by atoms with Gasteiger partial charge < -0.3 is 15.4 Å². The van der Waals surface area contributed by atoms with E-state index in [0.717, 1.165) is 7.11 Å². The van der Waals surface area contributed by atoms with Crippen molar-refractivity contribution in [1.29, 1.82) is 5.26 Å². The molecule has 2 rings (SSSR count). The molecule has 130 valence electrons. The van der Waals surface area contributed by atoms with Gasteiger partial charge in [-0.25, -0.2) is 4.79 Å². The third-order valence-corrected chi connectivity index (χ3v) is 4.43. The van der Waals surface area contributed by atoms with Crippen LogP contribution >= 0.6 is 35.4 Å². The largest absolute Gasteiger partial charge is 0.467 e. The lowest BCUT2D eigenvalue weighted by Crippen LogP contribution is -2.70. The number of amides is 1. The van der Waals surface area contributed by atoms with Crippen LogP contribution in [0.3, 0.4) is 0 Å². The maximum absolute atomic E-state index is 12.7. The Hall–Kier alpha value is -2.21. The predicted molar refractivity (Wildman–Crippen MR) is 93.1 cm³/mol. The van der Waals surface area contributed by atoms with E-state index < -0.39 is 35.5 Å². The van der Waals surface area contributed by atoms with Crippen LogP contribution in [0.15, 0.2) is 18.2 Å². The standard InChI is InChI=1S/C15H11Cl2N3O4S/c1-24-13(23)15(9(6-18)12(22)19-14(25)20-15)5-11(21)8-3-2-7(16)4-10(8)17/h2-4,9H,5H2,1H3,(H2,19,20,22,25)/t9-,15-/m1/s1. The first-order valence-electron chi connectivity index (χ1n) is 6.84. The monoisotopic (exact) mass is 399 g/mol. The number of Topliss-reactive ketones (excluding diaryl/α,β-unsaturated/α-hetero) is 1. The molecule has 1 saturated heterocycles. The zero-order chi connectivity index (χ0) is 18.8. The topological polar surface area (TPSA) is 108 Å². The molecular formula is C15H11Cl2N3O4S. The molecule has 1 fully saturated rings. The lowest BCUT2D eigenvalue weighted by molar-refractivity contribution is -0.152.